The fourth-order valence-corrected chi connectivity index (χ4v) is 7.71. The second-order valence-electron chi connectivity index (χ2n) is 16.8. The van der Waals surface area contributed by atoms with Crippen LogP contribution in [0.1, 0.15) is 23.0 Å². The number of imidazole rings is 1. The lowest BCUT2D eigenvalue weighted by Crippen LogP contribution is -2.22. The Morgan fingerprint density at radius 3 is 1.94 bits per heavy atom. The number of rotatable bonds is 20. The predicted molar refractivity (Wildman–Crippen MR) is 211 cm³/mol. The number of aldehydes is 1. The highest BCUT2D eigenvalue weighted by atomic mass is 28.3. The summed E-state index contributed by atoms with van der Waals surface area (Å²) < 4.78 is 43.2. The van der Waals surface area contributed by atoms with E-state index < -0.39 is 30.0 Å². The van der Waals surface area contributed by atoms with E-state index in [1.807, 2.05) is 16.8 Å². The molecular weight excluding hydrogens is 682 g/mol. The molecule has 0 unspecified atom stereocenters. The van der Waals surface area contributed by atoms with Gasteiger partial charge in [-0.2, -0.15) is 0 Å². The van der Waals surface area contributed by atoms with Crippen molar-refractivity contribution in [3.05, 3.63) is 59.8 Å². The lowest BCUT2D eigenvalue weighted by Gasteiger charge is -2.17. The van der Waals surface area contributed by atoms with Crippen molar-refractivity contribution in [2.45, 2.75) is 104 Å². The minimum absolute atomic E-state index is 0.0226. The third-order valence-electron chi connectivity index (χ3n) is 8.64. The van der Waals surface area contributed by atoms with Crippen LogP contribution in [0.2, 0.25) is 77.1 Å². The lowest BCUT2D eigenvalue weighted by molar-refractivity contribution is 0.0197. The van der Waals surface area contributed by atoms with Crippen molar-refractivity contribution in [2.24, 2.45) is 0 Å². The predicted octanol–water partition coefficient (Wildman–Crippen LogP) is 10.0. The fraction of sp³-hybridized carbons (Fsp3) is 0.526. The largest absolute Gasteiger partial charge is 0.464 e. The first kappa shape index (κ1) is 39.9. The Hall–Kier alpha value is -2.88. The van der Waals surface area contributed by atoms with Gasteiger partial charge in [0.2, 0.25) is 0 Å². The van der Waals surface area contributed by atoms with Crippen molar-refractivity contribution in [1.82, 2.24) is 14.1 Å². The number of aromatic nitrogens is 3. The number of carbonyl (C=O) groups is 1. The van der Waals surface area contributed by atoms with Crippen LogP contribution in [-0.4, -0.2) is 71.2 Å². The van der Waals surface area contributed by atoms with Crippen LogP contribution in [0.15, 0.2) is 42.7 Å². The number of benzene rings is 2. The van der Waals surface area contributed by atoms with E-state index in [1.54, 1.807) is 18.3 Å². The number of hydrogen-bond acceptors (Lipinski definition) is 6. The Morgan fingerprint density at radius 1 is 0.760 bits per heavy atom. The highest BCUT2D eigenvalue weighted by Gasteiger charge is 2.21. The van der Waals surface area contributed by atoms with E-state index >= 15 is 4.39 Å². The van der Waals surface area contributed by atoms with E-state index in [1.165, 1.54) is 0 Å². The van der Waals surface area contributed by atoms with E-state index in [9.17, 15) is 4.79 Å². The molecule has 0 spiro atoms. The zero-order chi connectivity index (χ0) is 36.7. The number of halogens is 1. The van der Waals surface area contributed by atoms with Crippen molar-refractivity contribution in [2.75, 3.05) is 26.6 Å². The number of carbonyl (C=O) groups excluding carboxylic acids is 1. The lowest BCUT2D eigenvalue weighted by atomic mass is 9.96. The molecule has 4 rings (SSSR count). The molecule has 0 fully saturated rings. The van der Waals surface area contributed by atoms with Gasteiger partial charge in [0.15, 0.2) is 24.6 Å². The van der Waals surface area contributed by atoms with E-state index in [-0.39, 0.29) is 12.5 Å². The van der Waals surface area contributed by atoms with Gasteiger partial charge in [0.05, 0.1) is 5.52 Å². The number of aryl methyl sites for hydroxylation is 1. The van der Waals surface area contributed by atoms with E-state index in [0.29, 0.717) is 51.2 Å². The molecule has 0 bridgehead atoms. The van der Waals surface area contributed by atoms with E-state index in [4.69, 9.17) is 23.9 Å². The minimum Gasteiger partial charge on any atom is -0.464 e. The van der Waals surface area contributed by atoms with Crippen molar-refractivity contribution in [1.29, 1.82) is 0 Å². The van der Waals surface area contributed by atoms with Crippen molar-refractivity contribution >= 4 is 41.4 Å². The molecule has 2 aromatic heterocycles. The second-order valence-corrected chi connectivity index (χ2v) is 33.7. The van der Waals surface area contributed by atoms with Crippen LogP contribution in [0.3, 0.4) is 0 Å². The summed E-state index contributed by atoms with van der Waals surface area (Å²) in [5.74, 6) is 0.438. The van der Waals surface area contributed by atoms with Gasteiger partial charge in [-0.05, 0) is 59.4 Å². The first-order valence-electron chi connectivity index (χ1n) is 17.8. The van der Waals surface area contributed by atoms with Gasteiger partial charge in [0, 0.05) is 67.4 Å². The maximum atomic E-state index is 15.5. The monoisotopic (exact) mass is 739 g/mol. The molecule has 0 N–H and O–H groups in total. The Labute approximate surface area is 301 Å². The second kappa shape index (κ2) is 17.1. The summed E-state index contributed by atoms with van der Waals surface area (Å²) >= 11 is 0. The third kappa shape index (κ3) is 11.6. The minimum atomic E-state index is -1.27. The maximum Gasteiger partial charge on any atom is 0.189 e. The molecule has 0 amide bonds. The van der Waals surface area contributed by atoms with Crippen LogP contribution < -0.4 is 4.74 Å². The summed E-state index contributed by atoms with van der Waals surface area (Å²) in [4.78, 5) is 16.5. The highest BCUT2D eigenvalue weighted by Crippen LogP contribution is 2.36. The van der Waals surface area contributed by atoms with Gasteiger partial charge in [0.25, 0.3) is 0 Å². The van der Waals surface area contributed by atoms with Crippen LogP contribution in [0, 0.1) is 5.82 Å². The van der Waals surface area contributed by atoms with Gasteiger partial charge in [-0.25, -0.2) is 9.37 Å². The molecule has 2 heterocycles. The molecule has 0 aliphatic carbocycles. The summed E-state index contributed by atoms with van der Waals surface area (Å²) in [6.07, 6.45) is 5.26. The molecule has 8 nitrogen and oxygen atoms in total. The van der Waals surface area contributed by atoms with Crippen LogP contribution in [-0.2, 0) is 34.1 Å². The van der Waals surface area contributed by atoms with Crippen molar-refractivity contribution < 1.29 is 28.1 Å². The zero-order valence-corrected chi connectivity index (χ0v) is 35.0. The third-order valence-corrected chi connectivity index (χ3v) is 13.7. The van der Waals surface area contributed by atoms with Gasteiger partial charge >= 0.3 is 0 Å². The number of hydrogen-bond donors (Lipinski definition) is 0. The smallest absolute Gasteiger partial charge is 0.189 e. The van der Waals surface area contributed by atoms with Crippen molar-refractivity contribution in [3.8, 4) is 28.3 Å². The molecule has 4 aromatic rings. The number of ether oxygens (including phenoxy) is 4. The average molecular weight is 740 g/mol. The molecule has 50 heavy (non-hydrogen) atoms. The van der Waals surface area contributed by atoms with Gasteiger partial charge in [0.1, 0.15) is 25.0 Å². The summed E-state index contributed by atoms with van der Waals surface area (Å²) in [7, 11) is -3.74. The summed E-state index contributed by atoms with van der Waals surface area (Å²) in [6.45, 7) is 25.6. The molecule has 0 aliphatic heterocycles. The highest BCUT2D eigenvalue weighted by molar-refractivity contribution is 6.76. The molecule has 12 heteroatoms. The molecule has 0 atom stereocenters. The van der Waals surface area contributed by atoms with Crippen molar-refractivity contribution in [3.63, 3.8) is 0 Å². The molecule has 2 aromatic carbocycles. The normalized spacial score (nSPS) is 12.6. The SMILES string of the molecule is CCc1cc(OCOCC[Si](C)(C)C)c(F)cc1-c1ccc2c(-c3nc(C=O)cn3COCC[Si](C)(C)C)cn(COCC[Si](C)(C)C)c2c1. The molecular formula is C38H58FN3O5Si3. The Kier molecular flexibility index (Phi) is 13.6. The van der Waals surface area contributed by atoms with E-state index in [0.717, 1.165) is 57.6 Å². The maximum absolute atomic E-state index is 15.5. The van der Waals surface area contributed by atoms with Crippen LogP contribution in [0.4, 0.5) is 4.39 Å². The Bertz CT molecular complexity index is 1730. The quantitative estimate of drug-likeness (QED) is 0.0389. The van der Waals surface area contributed by atoms with E-state index in [2.05, 4.69) is 82.5 Å². The van der Waals surface area contributed by atoms with Crippen LogP contribution >= 0.6 is 0 Å². The zero-order valence-electron chi connectivity index (χ0n) is 32.0. The van der Waals surface area contributed by atoms with Gasteiger partial charge in [-0.15, -0.1) is 0 Å². The first-order valence-corrected chi connectivity index (χ1v) is 28.9. The van der Waals surface area contributed by atoms with Gasteiger partial charge < -0.3 is 28.1 Å². The Balaban J connectivity index is 1.68. The topological polar surface area (TPSA) is 76.7 Å². The molecule has 0 radical (unpaired) electrons. The van der Waals surface area contributed by atoms with Gasteiger partial charge in [-0.3, -0.25) is 4.79 Å². The summed E-state index contributed by atoms with van der Waals surface area (Å²) in [5.41, 5.74) is 4.85. The fourth-order valence-electron chi connectivity index (χ4n) is 5.44. The number of fused-ring (bicyclic) bond motifs is 1. The summed E-state index contributed by atoms with van der Waals surface area (Å²) in [6, 6.07) is 12.7. The molecule has 274 valence electrons. The Morgan fingerprint density at radius 2 is 1.36 bits per heavy atom. The first-order chi connectivity index (χ1) is 23.5. The summed E-state index contributed by atoms with van der Waals surface area (Å²) in [5, 5.41) is 0.961. The molecule has 0 aliphatic rings. The van der Waals surface area contributed by atoms with Crippen LogP contribution in [0.5, 0.6) is 5.75 Å². The average Bonchev–Trinajstić information content (AvgIpc) is 3.60. The standard InChI is InChI=1S/C38H58FN3O5Si3/c1-11-29-21-37(47-28-46-16-19-50(8,9)10)35(39)22-33(29)30-12-13-32-34(24-41(36(32)20-30)26-44-14-17-48(2,3)4)38-40-31(25-43)23-42(38)27-45-15-18-49(5,6)7/h12-13,20-25H,11,14-19,26-28H2,1-10H3. The number of nitrogens with zero attached hydrogens (tertiary/aromatic N) is 3. The van der Waals surface area contributed by atoms with Crippen LogP contribution in [0.25, 0.3) is 33.4 Å². The molecule has 0 saturated heterocycles. The molecule has 0 saturated carbocycles. The van der Waals surface area contributed by atoms with Gasteiger partial charge in [-0.1, -0.05) is 78.0 Å².